The second-order valence-electron chi connectivity index (χ2n) is 7.87. The van der Waals surface area contributed by atoms with Crippen LogP contribution >= 0.6 is 12.0 Å². The molecule has 0 bridgehead atoms. The Morgan fingerprint density at radius 2 is 1.38 bits per heavy atom. The Labute approximate surface area is 200 Å². The predicted molar refractivity (Wildman–Crippen MR) is 120 cm³/mol. The SMILES string of the molecule is CC(=O)O[C@@H]1[C@H](OC(C)=O)[C@@H](N2C(=O)c3ccccc3C2=O)[C@H](OSc2ccccc2)O[C@@H]1C. The molecule has 2 aliphatic rings. The van der Waals surface area contributed by atoms with Gasteiger partial charge in [0.25, 0.3) is 11.8 Å². The van der Waals surface area contributed by atoms with Crippen LogP contribution in [-0.4, -0.2) is 59.3 Å². The lowest BCUT2D eigenvalue weighted by molar-refractivity contribution is -0.251. The van der Waals surface area contributed by atoms with Crippen LogP contribution in [0, 0.1) is 0 Å². The molecule has 0 aliphatic carbocycles. The number of imide groups is 1. The van der Waals surface area contributed by atoms with Crippen LogP contribution in [0.15, 0.2) is 59.5 Å². The van der Waals surface area contributed by atoms with E-state index in [1.807, 2.05) is 30.3 Å². The average molecular weight is 486 g/mol. The molecule has 34 heavy (non-hydrogen) atoms. The van der Waals surface area contributed by atoms with Crippen molar-refractivity contribution in [3.63, 3.8) is 0 Å². The van der Waals surface area contributed by atoms with E-state index < -0.39 is 54.4 Å². The van der Waals surface area contributed by atoms with Gasteiger partial charge in [-0.25, -0.2) is 0 Å². The Bertz CT molecular complexity index is 1070. The zero-order valence-corrected chi connectivity index (χ0v) is 19.5. The van der Waals surface area contributed by atoms with E-state index in [4.69, 9.17) is 18.4 Å². The Hall–Kier alpha value is -3.21. The molecule has 0 aromatic heterocycles. The summed E-state index contributed by atoms with van der Waals surface area (Å²) < 4.78 is 22.9. The molecule has 2 amide bonds. The number of hydrogen-bond acceptors (Lipinski definition) is 9. The van der Waals surface area contributed by atoms with E-state index in [0.717, 1.165) is 21.8 Å². The normalized spacial score (nSPS) is 26.2. The summed E-state index contributed by atoms with van der Waals surface area (Å²) in [6, 6.07) is 14.3. The van der Waals surface area contributed by atoms with Crippen molar-refractivity contribution < 1.29 is 37.6 Å². The van der Waals surface area contributed by atoms with Crippen LogP contribution in [0.2, 0.25) is 0 Å². The molecule has 10 heteroatoms. The molecule has 2 aromatic rings. The van der Waals surface area contributed by atoms with Gasteiger partial charge in [-0.05, 0) is 31.2 Å². The fourth-order valence-corrected chi connectivity index (χ4v) is 4.71. The van der Waals surface area contributed by atoms with Gasteiger partial charge >= 0.3 is 11.9 Å². The maximum atomic E-state index is 13.3. The molecule has 5 atom stereocenters. The van der Waals surface area contributed by atoms with Crippen LogP contribution in [0.4, 0.5) is 0 Å². The smallest absolute Gasteiger partial charge is 0.303 e. The molecule has 0 N–H and O–H groups in total. The number of benzene rings is 2. The van der Waals surface area contributed by atoms with E-state index in [2.05, 4.69) is 0 Å². The van der Waals surface area contributed by atoms with Crippen molar-refractivity contribution in [2.24, 2.45) is 0 Å². The van der Waals surface area contributed by atoms with Crippen molar-refractivity contribution in [3.05, 3.63) is 65.7 Å². The van der Waals surface area contributed by atoms with Gasteiger partial charge in [-0.1, -0.05) is 30.3 Å². The predicted octanol–water partition coefficient (Wildman–Crippen LogP) is 2.98. The molecule has 1 fully saturated rings. The summed E-state index contributed by atoms with van der Waals surface area (Å²) in [7, 11) is 0. The van der Waals surface area contributed by atoms with Crippen molar-refractivity contribution in [2.45, 2.75) is 56.3 Å². The summed E-state index contributed by atoms with van der Waals surface area (Å²) in [4.78, 5) is 52.2. The minimum Gasteiger partial charge on any atom is -0.456 e. The highest BCUT2D eigenvalue weighted by Gasteiger charge is 2.56. The Balaban J connectivity index is 1.74. The highest BCUT2D eigenvalue weighted by molar-refractivity contribution is 7.94. The third kappa shape index (κ3) is 4.70. The van der Waals surface area contributed by atoms with Crippen molar-refractivity contribution in [2.75, 3.05) is 0 Å². The quantitative estimate of drug-likeness (QED) is 0.347. The Morgan fingerprint density at radius 3 is 1.94 bits per heavy atom. The first-order chi connectivity index (χ1) is 16.3. The number of ether oxygens (including phenoxy) is 3. The van der Waals surface area contributed by atoms with E-state index in [1.54, 1.807) is 31.2 Å². The topological polar surface area (TPSA) is 108 Å². The molecule has 2 aliphatic heterocycles. The van der Waals surface area contributed by atoms with Crippen LogP contribution in [0.5, 0.6) is 0 Å². The van der Waals surface area contributed by atoms with Gasteiger partial charge < -0.3 is 14.2 Å². The molecular weight excluding hydrogens is 462 g/mol. The van der Waals surface area contributed by atoms with Gasteiger partial charge in [0.15, 0.2) is 18.5 Å². The highest BCUT2D eigenvalue weighted by Crippen LogP contribution is 2.37. The van der Waals surface area contributed by atoms with Gasteiger partial charge in [0.05, 0.1) is 17.2 Å². The molecule has 0 radical (unpaired) electrons. The molecule has 2 heterocycles. The van der Waals surface area contributed by atoms with Gasteiger partial charge in [0.2, 0.25) is 0 Å². The van der Waals surface area contributed by atoms with Gasteiger partial charge in [-0.3, -0.25) is 28.3 Å². The van der Waals surface area contributed by atoms with Crippen LogP contribution < -0.4 is 0 Å². The second kappa shape index (κ2) is 9.96. The first-order valence-electron chi connectivity index (χ1n) is 10.6. The fraction of sp³-hybridized carbons (Fsp3) is 0.333. The molecule has 9 nitrogen and oxygen atoms in total. The zero-order chi connectivity index (χ0) is 24.4. The van der Waals surface area contributed by atoms with Crippen molar-refractivity contribution >= 4 is 35.8 Å². The summed E-state index contributed by atoms with van der Waals surface area (Å²) in [5, 5.41) is 0. The Morgan fingerprint density at radius 1 is 0.853 bits per heavy atom. The zero-order valence-electron chi connectivity index (χ0n) is 18.7. The minimum atomic E-state index is -1.21. The van der Waals surface area contributed by atoms with Gasteiger partial charge in [0, 0.05) is 30.8 Å². The molecule has 178 valence electrons. The van der Waals surface area contributed by atoms with Gasteiger partial charge in [-0.2, -0.15) is 0 Å². The summed E-state index contributed by atoms with van der Waals surface area (Å²) in [6.07, 6.45) is -4.23. The number of fused-ring (bicyclic) bond motifs is 1. The van der Waals surface area contributed by atoms with E-state index >= 15 is 0 Å². The largest absolute Gasteiger partial charge is 0.456 e. The van der Waals surface area contributed by atoms with Crippen LogP contribution in [-0.2, 0) is 28.0 Å². The van der Waals surface area contributed by atoms with E-state index in [-0.39, 0.29) is 11.1 Å². The van der Waals surface area contributed by atoms with Crippen molar-refractivity contribution in [1.82, 2.24) is 4.90 Å². The lowest BCUT2D eigenvalue weighted by Gasteiger charge is -2.46. The average Bonchev–Trinajstić information content (AvgIpc) is 3.05. The van der Waals surface area contributed by atoms with Gasteiger partial charge in [0.1, 0.15) is 6.04 Å². The molecular formula is C24H23NO8S. The monoisotopic (exact) mass is 485 g/mol. The van der Waals surface area contributed by atoms with E-state index in [0.29, 0.717) is 0 Å². The number of nitrogens with zero attached hydrogens (tertiary/aromatic N) is 1. The maximum Gasteiger partial charge on any atom is 0.303 e. The van der Waals surface area contributed by atoms with Crippen LogP contribution in [0.25, 0.3) is 0 Å². The van der Waals surface area contributed by atoms with E-state index in [9.17, 15) is 19.2 Å². The fourth-order valence-electron chi connectivity index (χ4n) is 4.07. The van der Waals surface area contributed by atoms with Crippen molar-refractivity contribution in [1.29, 1.82) is 0 Å². The number of amides is 2. The summed E-state index contributed by atoms with van der Waals surface area (Å²) in [5.74, 6) is -2.47. The molecule has 0 spiro atoms. The van der Waals surface area contributed by atoms with Gasteiger partial charge in [-0.15, -0.1) is 0 Å². The first-order valence-corrected chi connectivity index (χ1v) is 11.4. The molecule has 4 rings (SSSR count). The van der Waals surface area contributed by atoms with E-state index in [1.165, 1.54) is 13.8 Å². The van der Waals surface area contributed by atoms with Crippen molar-refractivity contribution in [3.8, 4) is 0 Å². The number of carbonyl (C=O) groups excluding carboxylic acids is 4. The number of carbonyl (C=O) groups is 4. The number of esters is 2. The minimum absolute atomic E-state index is 0.214. The van der Waals surface area contributed by atoms with Crippen LogP contribution in [0.1, 0.15) is 41.5 Å². The maximum absolute atomic E-state index is 13.3. The third-order valence-corrected chi connectivity index (χ3v) is 6.21. The standard InChI is InChI=1S/C24H23NO8S/c1-13-20(31-14(2)26)21(32-15(3)27)19(24(30-13)33-34-16-9-5-4-6-10-16)25-22(28)17-11-7-8-12-18(17)23(25)29/h4-13,19-21,24H,1-3H3/t13-,19-,20+,21-,24+/m1/s1. The molecule has 0 saturated carbocycles. The lowest BCUT2D eigenvalue weighted by atomic mass is 9.95. The molecule has 2 aromatic carbocycles. The summed E-state index contributed by atoms with van der Waals surface area (Å²) in [5.41, 5.74) is 0.428. The number of hydrogen-bond donors (Lipinski definition) is 0. The number of rotatable bonds is 6. The molecule has 0 unspecified atom stereocenters. The third-order valence-electron chi connectivity index (χ3n) is 5.46. The summed E-state index contributed by atoms with van der Waals surface area (Å²) in [6.45, 7) is 4.04. The highest BCUT2D eigenvalue weighted by atomic mass is 32.2. The first kappa shape index (κ1) is 23.9. The second-order valence-corrected chi connectivity index (χ2v) is 8.70. The summed E-state index contributed by atoms with van der Waals surface area (Å²) >= 11 is 0.991. The Kier molecular flexibility index (Phi) is 7.01. The molecule has 1 saturated heterocycles. The van der Waals surface area contributed by atoms with Crippen LogP contribution in [0.3, 0.4) is 0 Å². The lowest BCUT2D eigenvalue weighted by Crippen LogP contribution is -2.66.